The van der Waals surface area contributed by atoms with Crippen LogP contribution in [0.25, 0.3) is 16.8 Å². The molecule has 1 N–H and O–H groups in total. The van der Waals surface area contributed by atoms with Gasteiger partial charge in [-0.2, -0.15) is 5.26 Å². The van der Waals surface area contributed by atoms with Gasteiger partial charge in [0.15, 0.2) is 11.7 Å². The number of nitrogens with one attached hydrogen (secondary N) is 1. The molecule has 1 fully saturated rings. The van der Waals surface area contributed by atoms with Gasteiger partial charge in [-0.15, -0.1) is 0 Å². The van der Waals surface area contributed by atoms with Gasteiger partial charge in [-0.05, 0) is 35.3 Å². The van der Waals surface area contributed by atoms with Crippen LogP contribution in [0, 0.1) is 17.2 Å². The second-order valence-electron chi connectivity index (χ2n) is 6.25. The van der Waals surface area contributed by atoms with Crippen LogP contribution in [-0.4, -0.2) is 30.9 Å². The molecule has 1 saturated heterocycles. The molecule has 5 nitrogen and oxygen atoms in total. The van der Waals surface area contributed by atoms with Crippen LogP contribution in [0.3, 0.4) is 0 Å². The lowest BCUT2D eigenvalue weighted by Crippen LogP contribution is -2.38. The van der Waals surface area contributed by atoms with Crippen LogP contribution in [-0.2, 0) is 14.3 Å². The molecule has 0 spiro atoms. The summed E-state index contributed by atoms with van der Waals surface area (Å²) in [6.07, 6.45) is 4.78. The molecule has 1 aliphatic heterocycles. The monoisotopic (exact) mass is 348 g/mol. The Labute approximate surface area is 152 Å². The summed E-state index contributed by atoms with van der Waals surface area (Å²) in [5.74, 6) is -2.44. The highest BCUT2D eigenvalue weighted by Gasteiger charge is 2.25. The van der Waals surface area contributed by atoms with E-state index in [0.29, 0.717) is 13.2 Å². The number of amides is 1. The Bertz CT molecular complexity index is 871. The molecule has 5 heteroatoms. The van der Waals surface area contributed by atoms with Crippen LogP contribution < -0.4 is 5.32 Å². The standard InChI is InChI=1S/C21H20N2O3/c22-13-19(21(25)23-14-17-8-4-12-26-17)20(24)11-10-16-7-3-6-15-5-1-2-9-18(15)16/h1-3,5-7,9-11,17,19H,4,8,12,14H2,(H,23,25)/b11-10+/t17-,19+/m0/s1. The Morgan fingerprint density at radius 3 is 2.85 bits per heavy atom. The number of ketones is 1. The van der Waals surface area contributed by atoms with Crippen molar-refractivity contribution in [3.05, 3.63) is 54.1 Å². The molecule has 0 aromatic heterocycles. The van der Waals surface area contributed by atoms with E-state index in [1.807, 2.05) is 42.5 Å². The van der Waals surface area contributed by atoms with Gasteiger partial charge in [0.1, 0.15) is 0 Å². The molecule has 0 bridgehead atoms. The molecule has 1 heterocycles. The van der Waals surface area contributed by atoms with Gasteiger partial charge in [0.2, 0.25) is 5.91 Å². The number of carbonyl (C=O) groups is 2. The van der Waals surface area contributed by atoms with Gasteiger partial charge < -0.3 is 10.1 Å². The van der Waals surface area contributed by atoms with Gasteiger partial charge in [-0.3, -0.25) is 9.59 Å². The average Bonchev–Trinajstić information content (AvgIpc) is 3.19. The van der Waals surface area contributed by atoms with Gasteiger partial charge in [-0.1, -0.05) is 48.5 Å². The van der Waals surface area contributed by atoms with Crippen molar-refractivity contribution in [3.8, 4) is 6.07 Å². The highest BCUT2D eigenvalue weighted by atomic mass is 16.5. The zero-order valence-electron chi connectivity index (χ0n) is 14.4. The predicted molar refractivity (Wildman–Crippen MR) is 99.1 cm³/mol. The summed E-state index contributed by atoms with van der Waals surface area (Å²) in [5.41, 5.74) is 0.868. The zero-order valence-corrected chi connectivity index (χ0v) is 14.4. The minimum atomic E-state index is -1.34. The summed E-state index contributed by atoms with van der Waals surface area (Å²) >= 11 is 0. The molecule has 2 aromatic carbocycles. The summed E-state index contributed by atoms with van der Waals surface area (Å²) in [6, 6.07) is 15.4. The third kappa shape index (κ3) is 4.16. The van der Waals surface area contributed by atoms with Crippen molar-refractivity contribution in [2.75, 3.05) is 13.2 Å². The molecule has 1 amide bonds. The number of nitriles is 1. The maximum absolute atomic E-state index is 12.3. The SMILES string of the molecule is N#C[C@H](C(=O)/C=C/c1cccc2ccccc12)C(=O)NC[C@@H]1CCCO1. The number of benzene rings is 2. The van der Waals surface area contributed by atoms with Gasteiger partial charge in [0.05, 0.1) is 12.2 Å². The van der Waals surface area contributed by atoms with Crippen molar-refractivity contribution in [1.29, 1.82) is 5.26 Å². The van der Waals surface area contributed by atoms with Crippen molar-refractivity contribution >= 4 is 28.5 Å². The fraction of sp³-hybridized carbons (Fsp3) is 0.286. The topological polar surface area (TPSA) is 79.2 Å². The van der Waals surface area contributed by atoms with E-state index >= 15 is 0 Å². The Kier molecular flexibility index (Phi) is 5.77. The van der Waals surface area contributed by atoms with Crippen LogP contribution in [0.5, 0.6) is 0 Å². The van der Waals surface area contributed by atoms with E-state index in [9.17, 15) is 14.9 Å². The Morgan fingerprint density at radius 1 is 1.27 bits per heavy atom. The van der Waals surface area contributed by atoms with E-state index in [1.54, 1.807) is 12.1 Å². The van der Waals surface area contributed by atoms with Gasteiger partial charge in [0.25, 0.3) is 0 Å². The second kappa shape index (κ2) is 8.41. The number of ether oxygens (including phenoxy) is 1. The predicted octanol–water partition coefficient (Wildman–Crippen LogP) is 2.86. The largest absolute Gasteiger partial charge is 0.376 e. The maximum atomic E-state index is 12.3. The maximum Gasteiger partial charge on any atom is 0.245 e. The Hall–Kier alpha value is -2.97. The molecule has 0 radical (unpaired) electrons. The lowest BCUT2D eigenvalue weighted by Gasteiger charge is -2.12. The molecular weight excluding hydrogens is 328 g/mol. The normalized spacial score (nSPS) is 17.9. The van der Waals surface area contributed by atoms with E-state index in [2.05, 4.69) is 5.32 Å². The lowest BCUT2D eigenvalue weighted by atomic mass is 10.0. The quantitative estimate of drug-likeness (QED) is 0.643. The van der Waals surface area contributed by atoms with Gasteiger partial charge >= 0.3 is 0 Å². The highest BCUT2D eigenvalue weighted by Crippen LogP contribution is 2.20. The molecule has 26 heavy (non-hydrogen) atoms. The zero-order chi connectivity index (χ0) is 18.4. The first-order valence-corrected chi connectivity index (χ1v) is 8.67. The van der Waals surface area contributed by atoms with E-state index < -0.39 is 17.6 Å². The molecule has 2 aromatic rings. The fourth-order valence-corrected chi connectivity index (χ4v) is 3.04. The first-order valence-electron chi connectivity index (χ1n) is 8.67. The number of hydrogen-bond acceptors (Lipinski definition) is 4. The van der Waals surface area contributed by atoms with Gasteiger partial charge in [0, 0.05) is 13.2 Å². The highest BCUT2D eigenvalue weighted by molar-refractivity contribution is 6.11. The number of rotatable bonds is 6. The van der Waals surface area contributed by atoms with E-state index in [4.69, 9.17) is 4.74 Å². The van der Waals surface area contributed by atoms with E-state index in [-0.39, 0.29) is 6.10 Å². The summed E-state index contributed by atoms with van der Waals surface area (Å²) in [4.78, 5) is 24.5. The average molecular weight is 348 g/mol. The number of fused-ring (bicyclic) bond motifs is 1. The molecule has 0 unspecified atom stereocenters. The van der Waals surface area contributed by atoms with Crippen molar-refractivity contribution in [1.82, 2.24) is 5.32 Å². The third-order valence-corrected chi connectivity index (χ3v) is 4.45. The molecule has 132 valence electrons. The van der Waals surface area contributed by atoms with E-state index in [1.165, 1.54) is 6.08 Å². The third-order valence-electron chi connectivity index (χ3n) is 4.45. The molecule has 0 saturated carbocycles. The van der Waals surface area contributed by atoms with E-state index in [0.717, 1.165) is 29.2 Å². The first-order chi connectivity index (χ1) is 12.7. The Balaban J connectivity index is 1.67. The van der Waals surface area contributed by atoms with Crippen molar-refractivity contribution < 1.29 is 14.3 Å². The van der Waals surface area contributed by atoms with Crippen LogP contribution in [0.1, 0.15) is 18.4 Å². The minimum absolute atomic E-state index is 0.0281. The number of carbonyl (C=O) groups excluding carboxylic acids is 2. The van der Waals surface area contributed by atoms with Crippen LogP contribution in [0.15, 0.2) is 48.5 Å². The van der Waals surface area contributed by atoms with Crippen molar-refractivity contribution in [3.63, 3.8) is 0 Å². The number of nitrogens with zero attached hydrogens (tertiary/aromatic N) is 1. The smallest absolute Gasteiger partial charge is 0.245 e. The fourth-order valence-electron chi connectivity index (χ4n) is 3.04. The molecule has 3 rings (SSSR count). The van der Waals surface area contributed by atoms with Crippen LogP contribution in [0.4, 0.5) is 0 Å². The Morgan fingerprint density at radius 2 is 2.08 bits per heavy atom. The lowest BCUT2D eigenvalue weighted by molar-refractivity contribution is -0.129. The summed E-state index contributed by atoms with van der Waals surface area (Å²) < 4.78 is 5.43. The van der Waals surface area contributed by atoms with Crippen molar-refractivity contribution in [2.45, 2.75) is 18.9 Å². The summed E-state index contributed by atoms with van der Waals surface area (Å²) in [7, 11) is 0. The molecular formula is C21H20N2O3. The summed E-state index contributed by atoms with van der Waals surface area (Å²) in [6.45, 7) is 1.02. The van der Waals surface area contributed by atoms with Crippen molar-refractivity contribution in [2.24, 2.45) is 5.92 Å². The first kappa shape index (κ1) is 17.8. The summed E-state index contributed by atoms with van der Waals surface area (Å²) in [5, 5.41) is 13.9. The molecule has 1 aliphatic rings. The minimum Gasteiger partial charge on any atom is -0.376 e. The number of hydrogen-bond donors (Lipinski definition) is 1. The van der Waals surface area contributed by atoms with Crippen LogP contribution >= 0.6 is 0 Å². The number of allylic oxidation sites excluding steroid dienone is 1. The molecule has 0 aliphatic carbocycles. The molecule has 2 atom stereocenters. The van der Waals surface area contributed by atoms with Crippen LogP contribution in [0.2, 0.25) is 0 Å². The van der Waals surface area contributed by atoms with Gasteiger partial charge in [-0.25, -0.2) is 0 Å². The second-order valence-corrected chi connectivity index (χ2v) is 6.25.